The topological polar surface area (TPSA) is 91.8 Å². The summed E-state index contributed by atoms with van der Waals surface area (Å²) < 4.78 is 24.5. The Labute approximate surface area is 125 Å². The van der Waals surface area contributed by atoms with Crippen molar-refractivity contribution in [3.05, 3.63) is 0 Å². The number of carboxylic acid groups (broad SMARTS) is 1. The van der Waals surface area contributed by atoms with Crippen LogP contribution in [0.25, 0.3) is 0 Å². The number of hydrogen-bond acceptors (Lipinski definition) is 4. The van der Waals surface area contributed by atoms with Crippen molar-refractivity contribution in [3.63, 3.8) is 0 Å². The Kier molecular flexibility index (Phi) is 4.91. The van der Waals surface area contributed by atoms with Gasteiger partial charge in [-0.1, -0.05) is 12.8 Å². The van der Waals surface area contributed by atoms with Crippen LogP contribution in [0.3, 0.4) is 0 Å². The summed E-state index contributed by atoms with van der Waals surface area (Å²) in [5, 5.41) is 8.77. The second kappa shape index (κ2) is 6.34. The summed E-state index contributed by atoms with van der Waals surface area (Å²) in [6.45, 7) is 2.14. The fourth-order valence-corrected chi connectivity index (χ4v) is 5.24. The van der Waals surface area contributed by atoms with Gasteiger partial charge in [0, 0.05) is 12.6 Å². The number of sulfone groups is 1. The van der Waals surface area contributed by atoms with Gasteiger partial charge in [-0.15, -0.1) is 0 Å². The number of carbonyl (C=O) groups excluding carboxylic acids is 1. The first-order valence-corrected chi connectivity index (χ1v) is 9.28. The first-order valence-electron chi connectivity index (χ1n) is 7.57. The highest BCUT2D eigenvalue weighted by Crippen LogP contribution is 2.27. The zero-order valence-electron chi connectivity index (χ0n) is 12.3. The van der Waals surface area contributed by atoms with Gasteiger partial charge in [0.25, 0.3) is 0 Å². The minimum absolute atomic E-state index is 0.392. The van der Waals surface area contributed by atoms with Gasteiger partial charge in [0.2, 0.25) is 5.91 Å². The molecule has 2 rings (SSSR count). The summed E-state index contributed by atoms with van der Waals surface area (Å²) in [6, 6.07) is -0.442. The Balaban J connectivity index is 2.03. The molecule has 1 aliphatic heterocycles. The van der Waals surface area contributed by atoms with Gasteiger partial charge in [0.05, 0.1) is 11.2 Å². The minimum atomic E-state index is -3.41. The smallest absolute Gasteiger partial charge is 0.308 e. The van der Waals surface area contributed by atoms with Gasteiger partial charge in [0.15, 0.2) is 9.84 Å². The number of carboxylic acids is 1. The SMILES string of the molecule is C[C@@H]1[C@H](C(=O)O)CCCN1C(=O)CS(=O)(=O)C1CCCC1. The van der Waals surface area contributed by atoms with E-state index in [9.17, 15) is 18.0 Å². The van der Waals surface area contributed by atoms with Crippen LogP contribution in [0.5, 0.6) is 0 Å². The van der Waals surface area contributed by atoms with Crippen molar-refractivity contribution >= 4 is 21.7 Å². The van der Waals surface area contributed by atoms with Gasteiger partial charge in [-0.2, -0.15) is 0 Å². The molecule has 1 amide bonds. The fraction of sp³-hybridized carbons (Fsp3) is 0.857. The zero-order valence-corrected chi connectivity index (χ0v) is 13.1. The van der Waals surface area contributed by atoms with Crippen molar-refractivity contribution in [2.24, 2.45) is 5.92 Å². The van der Waals surface area contributed by atoms with Crippen LogP contribution >= 0.6 is 0 Å². The molecule has 0 aromatic carbocycles. The molecule has 0 radical (unpaired) electrons. The standard InChI is InChI=1S/C14H23NO5S/c1-10-12(14(17)18)7-4-8-15(10)13(16)9-21(19,20)11-5-2-3-6-11/h10-12H,2-9H2,1H3,(H,17,18)/t10-,12-/m1/s1. The van der Waals surface area contributed by atoms with Gasteiger partial charge >= 0.3 is 5.97 Å². The molecule has 0 bridgehead atoms. The number of carbonyl (C=O) groups is 2. The lowest BCUT2D eigenvalue weighted by Gasteiger charge is -2.37. The summed E-state index contributed by atoms with van der Waals surface area (Å²) in [5.74, 6) is -2.44. The van der Waals surface area contributed by atoms with Gasteiger partial charge in [-0.25, -0.2) is 8.42 Å². The van der Waals surface area contributed by atoms with Crippen molar-refractivity contribution in [2.45, 2.75) is 56.7 Å². The average Bonchev–Trinajstić information content (AvgIpc) is 2.92. The summed E-state index contributed by atoms with van der Waals surface area (Å²) in [5.41, 5.74) is 0. The van der Waals surface area contributed by atoms with Crippen LogP contribution in [0.2, 0.25) is 0 Å². The first-order chi connectivity index (χ1) is 9.83. The normalized spacial score (nSPS) is 27.8. The number of hydrogen-bond donors (Lipinski definition) is 1. The Morgan fingerprint density at radius 1 is 1.14 bits per heavy atom. The van der Waals surface area contributed by atoms with Crippen molar-refractivity contribution in [1.82, 2.24) is 4.90 Å². The lowest BCUT2D eigenvalue weighted by atomic mass is 9.90. The van der Waals surface area contributed by atoms with Crippen LogP contribution in [0, 0.1) is 5.92 Å². The van der Waals surface area contributed by atoms with Crippen molar-refractivity contribution in [1.29, 1.82) is 0 Å². The third kappa shape index (κ3) is 3.56. The Morgan fingerprint density at radius 3 is 2.33 bits per heavy atom. The number of aliphatic carboxylic acids is 1. The Morgan fingerprint density at radius 2 is 1.76 bits per heavy atom. The van der Waals surface area contributed by atoms with E-state index in [1.54, 1.807) is 6.92 Å². The van der Waals surface area contributed by atoms with E-state index < -0.39 is 44.7 Å². The van der Waals surface area contributed by atoms with E-state index in [1.165, 1.54) is 4.90 Å². The predicted octanol–water partition coefficient (Wildman–Crippen LogP) is 1.06. The van der Waals surface area contributed by atoms with Crippen LogP contribution in [0.15, 0.2) is 0 Å². The van der Waals surface area contributed by atoms with E-state index in [0.717, 1.165) is 12.8 Å². The molecule has 2 aliphatic rings. The van der Waals surface area contributed by atoms with E-state index in [-0.39, 0.29) is 0 Å². The third-order valence-corrected chi connectivity index (χ3v) is 6.90. The fourth-order valence-electron chi connectivity index (χ4n) is 3.45. The third-order valence-electron chi connectivity index (χ3n) is 4.76. The molecule has 1 aliphatic carbocycles. The average molecular weight is 317 g/mol. The van der Waals surface area contributed by atoms with Crippen molar-refractivity contribution in [2.75, 3.05) is 12.3 Å². The zero-order chi connectivity index (χ0) is 15.6. The van der Waals surface area contributed by atoms with Crippen LogP contribution in [0.4, 0.5) is 0 Å². The van der Waals surface area contributed by atoms with E-state index in [4.69, 9.17) is 5.11 Å². The molecule has 6 nitrogen and oxygen atoms in total. The van der Waals surface area contributed by atoms with Gasteiger partial charge in [0.1, 0.15) is 5.75 Å². The highest BCUT2D eigenvalue weighted by atomic mass is 32.2. The highest BCUT2D eigenvalue weighted by Gasteiger charge is 2.38. The summed E-state index contributed by atoms with van der Waals surface area (Å²) in [4.78, 5) is 24.9. The molecular formula is C14H23NO5S. The monoisotopic (exact) mass is 317 g/mol. The molecular weight excluding hydrogens is 294 g/mol. The summed E-state index contributed by atoms with van der Waals surface area (Å²) >= 11 is 0. The number of nitrogens with zero attached hydrogens (tertiary/aromatic N) is 1. The van der Waals surface area contributed by atoms with Crippen molar-refractivity contribution < 1.29 is 23.1 Å². The number of amides is 1. The van der Waals surface area contributed by atoms with E-state index >= 15 is 0 Å². The minimum Gasteiger partial charge on any atom is -0.481 e. The maximum Gasteiger partial charge on any atom is 0.308 e. The molecule has 1 heterocycles. The summed E-state index contributed by atoms with van der Waals surface area (Å²) in [7, 11) is -3.41. The number of rotatable bonds is 4. The second-order valence-corrected chi connectivity index (χ2v) is 8.41. The van der Waals surface area contributed by atoms with Gasteiger partial charge < -0.3 is 10.0 Å². The molecule has 1 saturated carbocycles. The van der Waals surface area contributed by atoms with Crippen LogP contribution in [0.1, 0.15) is 45.4 Å². The molecule has 2 fully saturated rings. The maximum absolute atomic E-state index is 12.3. The molecule has 0 aromatic rings. The molecule has 0 spiro atoms. The largest absolute Gasteiger partial charge is 0.481 e. The Hall–Kier alpha value is -1.11. The highest BCUT2D eigenvalue weighted by molar-refractivity contribution is 7.92. The van der Waals surface area contributed by atoms with Crippen molar-refractivity contribution in [3.8, 4) is 0 Å². The summed E-state index contributed by atoms with van der Waals surface area (Å²) in [6.07, 6.45) is 4.23. The quantitative estimate of drug-likeness (QED) is 0.837. The predicted molar refractivity (Wildman–Crippen MR) is 77.6 cm³/mol. The maximum atomic E-state index is 12.3. The molecule has 1 N–H and O–H groups in total. The number of likely N-dealkylation sites (tertiary alicyclic amines) is 1. The molecule has 21 heavy (non-hydrogen) atoms. The molecule has 0 unspecified atom stereocenters. The van der Waals surface area contributed by atoms with E-state index in [1.807, 2.05) is 0 Å². The van der Waals surface area contributed by atoms with Gasteiger partial charge in [-0.3, -0.25) is 9.59 Å². The Bertz CT molecular complexity index is 509. The van der Waals surface area contributed by atoms with Crippen LogP contribution in [-0.2, 0) is 19.4 Å². The van der Waals surface area contributed by atoms with Gasteiger partial charge in [-0.05, 0) is 32.6 Å². The second-order valence-electron chi connectivity index (χ2n) is 6.13. The molecule has 7 heteroatoms. The van der Waals surface area contributed by atoms with Crippen LogP contribution in [-0.4, -0.2) is 53.9 Å². The lowest BCUT2D eigenvalue weighted by Crippen LogP contribution is -2.51. The first kappa shape index (κ1) is 16.3. The molecule has 1 saturated heterocycles. The molecule has 0 aromatic heterocycles. The molecule has 120 valence electrons. The number of piperidine rings is 1. The van der Waals surface area contributed by atoms with E-state index in [0.29, 0.717) is 32.2 Å². The molecule has 2 atom stereocenters. The lowest BCUT2D eigenvalue weighted by molar-refractivity contribution is -0.148. The van der Waals surface area contributed by atoms with E-state index in [2.05, 4.69) is 0 Å². The van der Waals surface area contributed by atoms with Crippen LogP contribution < -0.4 is 0 Å².